The predicted molar refractivity (Wildman–Crippen MR) is 59.7 cm³/mol. The first kappa shape index (κ1) is 13.7. The Labute approximate surface area is 90.7 Å². The second-order valence-corrected chi connectivity index (χ2v) is 4.00. The summed E-state index contributed by atoms with van der Waals surface area (Å²) in [5, 5.41) is 14.0. The number of nitrogens with two attached hydrogens (primary N) is 1. The topological polar surface area (TPSA) is 87.7 Å². The zero-order valence-electron chi connectivity index (χ0n) is 9.49. The van der Waals surface area contributed by atoms with Gasteiger partial charge in [-0.05, 0) is 18.8 Å². The highest BCUT2D eigenvalue weighted by atomic mass is 16.4. The summed E-state index contributed by atoms with van der Waals surface area (Å²) >= 11 is 0. The summed E-state index contributed by atoms with van der Waals surface area (Å²) in [6, 6.07) is 0. The van der Waals surface area contributed by atoms with Crippen molar-refractivity contribution >= 4 is 11.7 Å². The molecule has 5 heteroatoms. The fourth-order valence-corrected chi connectivity index (χ4v) is 1.15. The summed E-state index contributed by atoms with van der Waals surface area (Å²) in [5.41, 5.74) is 5.29. The largest absolute Gasteiger partial charge is 0.409 e. The van der Waals surface area contributed by atoms with E-state index in [-0.39, 0.29) is 11.7 Å². The molecule has 0 atom stereocenters. The van der Waals surface area contributed by atoms with Crippen molar-refractivity contribution in [2.75, 3.05) is 6.54 Å². The lowest BCUT2D eigenvalue weighted by Gasteiger charge is -2.06. The van der Waals surface area contributed by atoms with Crippen LogP contribution in [0.5, 0.6) is 0 Å². The number of amides is 1. The number of hydrogen-bond donors (Lipinski definition) is 3. The lowest BCUT2D eigenvalue weighted by atomic mass is 10.1. The van der Waals surface area contributed by atoms with Gasteiger partial charge in [-0.25, -0.2) is 0 Å². The normalized spacial score (nSPS) is 11.8. The molecule has 0 aromatic heterocycles. The van der Waals surface area contributed by atoms with Gasteiger partial charge >= 0.3 is 0 Å². The summed E-state index contributed by atoms with van der Waals surface area (Å²) in [5.74, 6) is 0.722. The lowest BCUT2D eigenvalue weighted by Crippen LogP contribution is -2.25. The maximum absolute atomic E-state index is 11.2. The molecule has 0 aromatic rings. The zero-order valence-corrected chi connectivity index (χ0v) is 9.49. The minimum atomic E-state index is 0.0915. The third kappa shape index (κ3) is 9.05. The summed E-state index contributed by atoms with van der Waals surface area (Å²) in [6.07, 6.45) is 2.80. The Hall–Kier alpha value is -1.26. The number of unbranched alkanes of at least 4 members (excludes halogenated alkanes) is 1. The molecule has 0 unspecified atom stereocenters. The Kier molecular flexibility index (Phi) is 7.40. The molecule has 0 saturated carbocycles. The van der Waals surface area contributed by atoms with Gasteiger partial charge in [0.15, 0.2) is 0 Å². The zero-order chi connectivity index (χ0) is 11.7. The molecule has 0 fully saturated rings. The monoisotopic (exact) mass is 215 g/mol. The van der Waals surface area contributed by atoms with Gasteiger partial charge in [0, 0.05) is 19.4 Å². The Morgan fingerprint density at radius 3 is 2.67 bits per heavy atom. The third-order valence-corrected chi connectivity index (χ3v) is 1.90. The van der Waals surface area contributed by atoms with E-state index in [0.717, 1.165) is 12.8 Å². The Morgan fingerprint density at radius 1 is 1.47 bits per heavy atom. The Bertz CT molecular complexity index is 215. The number of oxime groups is 1. The summed E-state index contributed by atoms with van der Waals surface area (Å²) in [7, 11) is 0. The van der Waals surface area contributed by atoms with Crippen molar-refractivity contribution in [3.05, 3.63) is 0 Å². The molecule has 5 nitrogen and oxygen atoms in total. The third-order valence-electron chi connectivity index (χ3n) is 1.90. The van der Waals surface area contributed by atoms with Crippen LogP contribution in [0.2, 0.25) is 0 Å². The fourth-order valence-electron chi connectivity index (χ4n) is 1.15. The van der Waals surface area contributed by atoms with Gasteiger partial charge in [0.05, 0.1) is 0 Å². The van der Waals surface area contributed by atoms with E-state index in [0.29, 0.717) is 25.3 Å². The predicted octanol–water partition coefficient (Wildman–Crippen LogP) is 1.07. The highest BCUT2D eigenvalue weighted by Crippen LogP contribution is 1.99. The molecule has 0 bridgehead atoms. The average molecular weight is 215 g/mol. The minimum absolute atomic E-state index is 0.0915. The van der Waals surface area contributed by atoms with E-state index in [1.54, 1.807) is 0 Å². The molecule has 4 N–H and O–H groups in total. The minimum Gasteiger partial charge on any atom is -0.409 e. The van der Waals surface area contributed by atoms with Crippen LogP contribution in [-0.4, -0.2) is 23.5 Å². The van der Waals surface area contributed by atoms with Gasteiger partial charge < -0.3 is 16.3 Å². The molecule has 0 radical (unpaired) electrons. The first-order valence-electron chi connectivity index (χ1n) is 5.29. The van der Waals surface area contributed by atoms with Crippen molar-refractivity contribution in [1.82, 2.24) is 5.32 Å². The smallest absolute Gasteiger partial charge is 0.220 e. The standard InChI is InChI=1S/C10H21N3O2/c1-8(2)7-10(14)12-6-4-3-5-9(11)13-15/h8,15H,3-7H2,1-2H3,(H2,11,13)(H,12,14). The van der Waals surface area contributed by atoms with E-state index < -0.39 is 0 Å². The fraction of sp³-hybridized carbons (Fsp3) is 0.800. The number of carbonyl (C=O) groups is 1. The molecule has 0 aliphatic rings. The van der Waals surface area contributed by atoms with Crippen LogP contribution in [0.1, 0.15) is 39.5 Å². The summed E-state index contributed by atoms with van der Waals surface area (Å²) < 4.78 is 0. The van der Waals surface area contributed by atoms with Crippen LogP contribution in [0, 0.1) is 5.92 Å². The molecule has 0 aliphatic carbocycles. The SMILES string of the molecule is CC(C)CC(=O)NCCCCC(N)=NO. The second-order valence-electron chi connectivity index (χ2n) is 4.00. The number of nitrogens with zero attached hydrogens (tertiary/aromatic N) is 1. The molecule has 1 amide bonds. The molecular formula is C10H21N3O2. The molecule has 0 aliphatic heterocycles. The van der Waals surface area contributed by atoms with Crippen LogP contribution in [0.4, 0.5) is 0 Å². The first-order chi connectivity index (χ1) is 7.06. The average Bonchev–Trinajstić information content (AvgIpc) is 2.15. The van der Waals surface area contributed by atoms with Crippen molar-refractivity contribution in [2.45, 2.75) is 39.5 Å². The summed E-state index contributed by atoms with van der Waals surface area (Å²) in [4.78, 5) is 11.2. The number of amidine groups is 1. The van der Waals surface area contributed by atoms with Crippen LogP contribution in [0.15, 0.2) is 5.16 Å². The van der Waals surface area contributed by atoms with E-state index in [1.807, 2.05) is 13.8 Å². The molecule has 0 aromatic carbocycles. The van der Waals surface area contributed by atoms with Crippen molar-refractivity contribution in [3.8, 4) is 0 Å². The molecule has 88 valence electrons. The lowest BCUT2D eigenvalue weighted by molar-refractivity contribution is -0.121. The van der Waals surface area contributed by atoms with Crippen molar-refractivity contribution in [1.29, 1.82) is 0 Å². The first-order valence-corrected chi connectivity index (χ1v) is 5.29. The van der Waals surface area contributed by atoms with E-state index in [2.05, 4.69) is 10.5 Å². The van der Waals surface area contributed by atoms with E-state index in [9.17, 15) is 4.79 Å². The quantitative estimate of drug-likeness (QED) is 0.195. The number of carbonyl (C=O) groups excluding carboxylic acids is 1. The molecule has 0 saturated heterocycles. The summed E-state index contributed by atoms with van der Waals surface area (Å²) in [6.45, 7) is 4.68. The number of hydrogen-bond acceptors (Lipinski definition) is 3. The molecular weight excluding hydrogens is 194 g/mol. The van der Waals surface area contributed by atoms with E-state index in [4.69, 9.17) is 10.9 Å². The molecule has 0 heterocycles. The van der Waals surface area contributed by atoms with Gasteiger partial charge in [0.1, 0.15) is 5.84 Å². The van der Waals surface area contributed by atoms with Crippen molar-refractivity contribution in [3.63, 3.8) is 0 Å². The van der Waals surface area contributed by atoms with Crippen LogP contribution in [0.3, 0.4) is 0 Å². The van der Waals surface area contributed by atoms with Crippen LogP contribution < -0.4 is 11.1 Å². The Balaban J connectivity index is 3.35. The van der Waals surface area contributed by atoms with Gasteiger partial charge in [-0.1, -0.05) is 19.0 Å². The maximum Gasteiger partial charge on any atom is 0.220 e. The number of rotatable bonds is 7. The van der Waals surface area contributed by atoms with Crippen molar-refractivity contribution < 1.29 is 10.0 Å². The van der Waals surface area contributed by atoms with Gasteiger partial charge in [0.2, 0.25) is 5.91 Å². The molecule has 0 spiro atoms. The van der Waals surface area contributed by atoms with Gasteiger partial charge in [-0.2, -0.15) is 0 Å². The van der Waals surface area contributed by atoms with Crippen LogP contribution >= 0.6 is 0 Å². The van der Waals surface area contributed by atoms with Crippen LogP contribution in [-0.2, 0) is 4.79 Å². The van der Waals surface area contributed by atoms with Gasteiger partial charge in [0.25, 0.3) is 0 Å². The van der Waals surface area contributed by atoms with E-state index >= 15 is 0 Å². The highest BCUT2D eigenvalue weighted by molar-refractivity contribution is 5.79. The van der Waals surface area contributed by atoms with Gasteiger partial charge in [-0.15, -0.1) is 0 Å². The molecule has 0 rings (SSSR count). The maximum atomic E-state index is 11.2. The Morgan fingerprint density at radius 2 is 2.13 bits per heavy atom. The van der Waals surface area contributed by atoms with Crippen molar-refractivity contribution in [2.24, 2.45) is 16.8 Å². The second kappa shape index (κ2) is 8.08. The number of nitrogens with one attached hydrogen (secondary N) is 1. The molecule has 15 heavy (non-hydrogen) atoms. The van der Waals surface area contributed by atoms with Gasteiger partial charge in [-0.3, -0.25) is 4.79 Å². The van der Waals surface area contributed by atoms with Crippen LogP contribution in [0.25, 0.3) is 0 Å². The van der Waals surface area contributed by atoms with E-state index in [1.165, 1.54) is 0 Å². The highest BCUT2D eigenvalue weighted by Gasteiger charge is 2.03.